The van der Waals surface area contributed by atoms with Crippen LogP contribution in [-0.2, 0) is 0 Å². The van der Waals surface area contributed by atoms with E-state index in [4.69, 9.17) is 21.0 Å². The van der Waals surface area contributed by atoms with Crippen LogP contribution < -0.4 is 5.32 Å². The van der Waals surface area contributed by atoms with Gasteiger partial charge in [-0.15, -0.1) is 0 Å². The van der Waals surface area contributed by atoms with E-state index < -0.39 is 11.4 Å². The summed E-state index contributed by atoms with van der Waals surface area (Å²) in [4.78, 5) is 0. The molecule has 19 heavy (non-hydrogen) atoms. The van der Waals surface area contributed by atoms with Crippen molar-refractivity contribution in [1.29, 1.82) is 21.0 Å². The van der Waals surface area contributed by atoms with Gasteiger partial charge in [0.15, 0.2) is 5.57 Å². The van der Waals surface area contributed by atoms with Crippen LogP contribution in [0, 0.1) is 51.1 Å². The molecule has 0 bridgehead atoms. The fourth-order valence-corrected chi connectivity index (χ4v) is 1.50. The topological polar surface area (TPSA) is 107 Å². The normalized spacial score (nSPS) is 8.32. The molecule has 0 spiro atoms. The third-order valence-electron chi connectivity index (χ3n) is 2.03. The zero-order chi connectivity index (χ0) is 14.4. The lowest BCUT2D eigenvalue weighted by Gasteiger charge is -2.07. The van der Waals surface area contributed by atoms with Gasteiger partial charge in [-0.25, -0.2) is 4.39 Å². The Bertz CT molecular complexity index is 709. The molecule has 0 amide bonds. The summed E-state index contributed by atoms with van der Waals surface area (Å²) in [5, 5.41) is 37.6. The summed E-state index contributed by atoms with van der Waals surface area (Å²) in [6, 6.07) is 8.71. The molecule has 1 aromatic rings. The fourth-order valence-electron chi connectivity index (χ4n) is 1.16. The number of nitrogens with zero attached hydrogens (tertiary/aromatic N) is 4. The van der Waals surface area contributed by atoms with Crippen LogP contribution in [0.3, 0.4) is 0 Å². The molecule has 0 aliphatic heterocycles. The number of hydrogen-bond donors (Lipinski definition) is 1. The Labute approximate surface area is 116 Å². The highest BCUT2D eigenvalue weighted by Crippen LogP contribution is 2.25. The minimum Gasteiger partial charge on any atom is -0.344 e. The van der Waals surface area contributed by atoms with E-state index in [1.807, 2.05) is 0 Å². The largest absolute Gasteiger partial charge is 0.344 e. The molecule has 1 rings (SSSR count). The fraction of sp³-hybridized carbons (Fsp3) is 0. The molecule has 0 saturated carbocycles. The smallest absolute Gasteiger partial charge is 0.163 e. The van der Waals surface area contributed by atoms with Crippen molar-refractivity contribution in [2.24, 2.45) is 0 Å². The minimum atomic E-state index is -0.634. The van der Waals surface area contributed by atoms with Crippen molar-refractivity contribution in [3.8, 4) is 24.3 Å². The van der Waals surface area contributed by atoms with Crippen LogP contribution in [-0.4, -0.2) is 0 Å². The molecule has 0 atom stereocenters. The first kappa shape index (κ1) is 14.2. The maximum atomic E-state index is 13.2. The van der Waals surface area contributed by atoms with E-state index in [1.54, 1.807) is 24.3 Å². The standard InChI is InChI=1S/C12H3BrFN5/c13-9-2-11(7(3-15)1-10(9)14)19-12(6-18)8(4-16)5-17/h1-2,19H. The number of halogens is 2. The molecule has 0 aromatic heterocycles. The van der Waals surface area contributed by atoms with E-state index in [-0.39, 0.29) is 21.4 Å². The van der Waals surface area contributed by atoms with Gasteiger partial charge in [0.2, 0.25) is 0 Å². The molecule has 0 unspecified atom stereocenters. The molecule has 1 N–H and O–H groups in total. The highest BCUT2D eigenvalue weighted by atomic mass is 79.9. The van der Waals surface area contributed by atoms with Crippen LogP contribution in [0.15, 0.2) is 27.9 Å². The number of anilines is 1. The number of allylic oxidation sites excluding steroid dienone is 2. The van der Waals surface area contributed by atoms with Crippen LogP contribution in [0.2, 0.25) is 0 Å². The van der Waals surface area contributed by atoms with Gasteiger partial charge in [-0.05, 0) is 28.1 Å². The van der Waals surface area contributed by atoms with Gasteiger partial charge < -0.3 is 5.32 Å². The van der Waals surface area contributed by atoms with Crippen molar-refractivity contribution in [3.63, 3.8) is 0 Å². The van der Waals surface area contributed by atoms with Gasteiger partial charge in [0.1, 0.15) is 35.8 Å². The number of hydrogen-bond acceptors (Lipinski definition) is 5. The molecule has 90 valence electrons. The van der Waals surface area contributed by atoms with Crippen LogP contribution in [0.1, 0.15) is 5.56 Å². The molecule has 0 fully saturated rings. The van der Waals surface area contributed by atoms with Gasteiger partial charge in [0.05, 0.1) is 15.7 Å². The molecule has 0 heterocycles. The predicted octanol–water partition coefficient (Wildman–Crippen LogP) is 2.70. The third kappa shape index (κ3) is 3.07. The quantitative estimate of drug-likeness (QED) is 0.844. The number of benzene rings is 1. The van der Waals surface area contributed by atoms with E-state index in [0.29, 0.717) is 0 Å². The maximum absolute atomic E-state index is 13.2. The van der Waals surface area contributed by atoms with Gasteiger partial charge in [-0.3, -0.25) is 0 Å². The van der Waals surface area contributed by atoms with Crippen molar-refractivity contribution in [3.05, 3.63) is 39.3 Å². The van der Waals surface area contributed by atoms with Crippen LogP contribution >= 0.6 is 15.9 Å². The second-order valence-electron chi connectivity index (χ2n) is 3.13. The maximum Gasteiger partial charge on any atom is 0.163 e. The average molecular weight is 316 g/mol. The lowest BCUT2D eigenvalue weighted by molar-refractivity contribution is 0.621. The lowest BCUT2D eigenvalue weighted by Crippen LogP contribution is -2.03. The summed E-state index contributed by atoms with van der Waals surface area (Å²) in [6.07, 6.45) is 0. The zero-order valence-electron chi connectivity index (χ0n) is 9.20. The van der Waals surface area contributed by atoms with Crippen molar-refractivity contribution >= 4 is 21.6 Å². The lowest BCUT2D eigenvalue weighted by atomic mass is 10.1. The first-order valence-corrected chi connectivity index (χ1v) is 5.47. The van der Waals surface area contributed by atoms with Crippen molar-refractivity contribution in [1.82, 2.24) is 0 Å². The van der Waals surface area contributed by atoms with Gasteiger partial charge in [0, 0.05) is 0 Å². The summed E-state index contributed by atoms with van der Waals surface area (Å²) < 4.78 is 13.3. The Morgan fingerprint density at radius 3 is 2.21 bits per heavy atom. The zero-order valence-corrected chi connectivity index (χ0v) is 10.8. The van der Waals surface area contributed by atoms with Crippen molar-refractivity contribution in [2.45, 2.75) is 0 Å². The Morgan fingerprint density at radius 2 is 1.74 bits per heavy atom. The molecule has 5 nitrogen and oxygen atoms in total. The van der Waals surface area contributed by atoms with Crippen LogP contribution in [0.5, 0.6) is 0 Å². The first-order chi connectivity index (χ1) is 9.07. The Balaban J connectivity index is 3.37. The summed E-state index contributed by atoms with van der Waals surface area (Å²) in [5.74, 6) is -0.634. The van der Waals surface area contributed by atoms with E-state index in [9.17, 15) is 4.39 Å². The Hall–Kier alpha value is -2.87. The first-order valence-electron chi connectivity index (χ1n) is 4.68. The summed E-state index contributed by atoms with van der Waals surface area (Å²) in [7, 11) is 0. The molecule has 0 aliphatic carbocycles. The molecular weight excluding hydrogens is 313 g/mol. The van der Waals surface area contributed by atoms with E-state index in [1.165, 1.54) is 6.07 Å². The molecule has 0 saturated heterocycles. The van der Waals surface area contributed by atoms with Crippen molar-refractivity contribution in [2.75, 3.05) is 5.32 Å². The SMILES string of the molecule is N#CC(C#N)=C(C#N)Nc1cc(Br)c(F)cc1C#N. The summed E-state index contributed by atoms with van der Waals surface area (Å²) in [6.45, 7) is 0. The third-order valence-corrected chi connectivity index (χ3v) is 2.63. The van der Waals surface area contributed by atoms with E-state index >= 15 is 0 Å². The van der Waals surface area contributed by atoms with Crippen molar-refractivity contribution < 1.29 is 4.39 Å². The predicted molar refractivity (Wildman–Crippen MR) is 66.3 cm³/mol. The number of rotatable bonds is 2. The van der Waals surface area contributed by atoms with Gasteiger partial charge in [-0.1, -0.05) is 0 Å². The highest BCUT2D eigenvalue weighted by Gasteiger charge is 2.12. The number of nitriles is 4. The number of nitrogens with one attached hydrogen (secondary N) is 1. The van der Waals surface area contributed by atoms with Crippen LogP contribution in [0.4, 0.5) is 10.1 Å². The van der Waals surface area contributed by atoms with Crippen LogP contribution in [0.25, 0.3) is 0 Å². The second kappa shape index (κ2) is 6.17. The Morgan fingerprint density at radius 1 is 1.11 bits per heavy atom. The van der Waals surface area contributed by atoms with E-state index in [2.05, 4.69) is 21.2 Å². The summed E-state index contributed by atoms with van der Waals surface area (Å²) in [5.41, 5.74) is -0.661. The molecule has 0 aliphatic rings. The highest BCUT2D eigenvalue weighted by molar-refractivity contribution is 9.10. The molecular formula is C12H3BrFN5. The molecule has 0 radical (unpaired) electrons. The molecule has 7 heteroatoms. The molecule has 1 aromatic carbocycles. The minimum absolute atomic E-state index is 0.0521. The Kier molecular flexibility index (Phi) is 4.61. The second-order valence-corrected chi connectivity index (χ2v) is 3.99. The average Bonchev–Trinajstić information content (AvgIpc) is 2.42. The van der Waals surface area contributed by atoms with Gasteiger partial charge >= 0.3 is 0 Å². The van der Waals surface area contributed by atoms with Gasteiger partial charge in [0.25, 0.3) is 0 Å². The van der Waals surface area contributed by atoms with E-state index in [0.717, 1.165) is 6.07 Å². The van der Waals surface area contributed by atoms with Gasteiger partial charge in [-0.2, -0.15) is 21.0 Å². The monoisotopic (exact) mass is 315 g/mol. The summed E-state index contributed by atoms with van der Waals surface area (Å²) >= 11 is 2.94.